The van der Waals surface area contributed by atoms with Crippen LogP contribution in [0.3, 0.4) is 0 Å². The van der Waals surface area contributed by atoms with Gasteiger partial charge in [-0.25, -0.2) is 4.39 Å². The van der Waals surface area contributed by atoms with Gasteiger partial charge in [0.05, 0.1) is 6.54 Å². The van der Waals surface area contributed by atoms with E-state index in [9.17, 15) is 9.18 Å². The smallest absolute Gasteiger partial charge is 0.246 e. The molecule has 2 rings (SSSR count). The fourth-order valence-corrected chi connectivity index (χ4v) is 2.40. The summed E-state index contributed by atoms with van der Waals surface area (Å²) in [6.07, 6.45) is 0. The van der Waals surface area contributed by atoms with E-state index in [2.05, 4.69) is 5.32 Å². The number of nitrogens with one attached hydrogen (secondary N) is 1. The molecule has 0 bridgehead atoms. The molecule has 0 spiro atoms. The topological polar surface area (TPSA) is 32.3 Å². The lowest BCUT2D eigenvalue weighted by Crippen LogP contribution is -2.40. The Hall–Kier alpha value is -2.36. The molecule has 0 radical (unpaired) electrons. The summed E-state index contributed by atoms with van der Waals surface area (Å²) in [5.41, 5.74) is 2.43. The summed E-state index contributed by atoms with van der Waals surface area (Å²) in [5, 5.41) is 3.09. The van der Waals surface area contributed by atoms with Crippen LogP contribution in [0.1, 0.15) is 19.4 Å². The van der Waals surface area contributed by atoms with Crippen molar-refractivity contribution in [2.24, 2.45) is 0 Å². The Labute approximate surface area is 130 Å². The van der Waals surface area contributed by atoms with E-state index in [1.54, 1.807) is 11.0 Å². The highest BCUT2D eigenvalue weighted by molar-refractivity contribution is 5.96. The van der Waals surface area contributed by atoms with Crippen molar-refractivity contribution >= 4 is 17.3 Å². The van der Waals surface area contributed by atoms with Gasteiger partial charge in [-0.05, 0) is 56.7 Å². The zero-order chi connectivity index (χ0) is 16.1. The van der Waals surface area contributed by atoms with E-state index in [1.165, 1.54) is 12.1 Å². The maximum Gasteiger partial charge on any atom is 0.246 e. The molecule has 4 heteroatoms. The maximum atomic E-state index is 13.1. The Morgan fingerprint density at radius 1 is 1.18 bits per heavy atom. The number of anilines is 2. The van der Waals surface area contributed by atoms with Gasteiger partial charge in [0.15, 0.2) is 0 Å². The number of rotatable bonds is 5. The number of nitrogens with zero attached hydrogens (tertiary/aromatic N) is 1. The molecule has 0 saturated heterocycles. The Morgan fingerprint density at radius 3 is 2.45 bits per heavy atom. The van der Waals surface area contributed by atoms with Crippen molar-refractivity contribution in [2.45, 2.75) is 26.8 Å². The van der Waals surface area contributed by atoms with E-state index in [0.29, 0.717) is 0 Å². The average Bonchev–Trinajstić information content (AvgIpc) is 2.47. The summed E-state index contributed by atoms with van der Waals surface area (Å²) >= 11 is 0. The molecule has 0 aliphatic rings. The zero-order valence-electron chi connectivity index (χ0n) is 13.1. The molecule has 22 heavy (non-hydrogen) atoms. The standard InChI is InChI=1S/C18H21FN2O/c1-13(2)21(16-7-5-4-6-8-16)18(22)12-20-17-10-9-15(19)11-14(17)3/h4-11,13,20H,12H2,1-3H3. The molecule has 3 nitrogen and oxygen atoms in total. The highest BCUT2D eigenvalue weighted by atomic mass is 19.1. The molecule has 2 aromatic carbocycles. The molecule has 0 aliphatic carbocycles. The second kappa shape index (κ2) is 7.07. The summed E-state index contributed by atoms with van der Waals surface area (Å²) in [6.45, 7) is 5.94. The lowest BCUT2D eigenvalue weighted by atomic mass is 10.2. The van der Waals surface area contributed by atoms with Gasteiger partial charge in [-0.1, -0.05) is 18.2 Å². The summed E-state index contributed by atoms with van der Waals surface area (Å²) in [6, 6.07) is 14.1. The van der Waals surface area contributed by atoms with Gasteiger partial charge in [-0.15, -0.1) is 0 Å². The van der Waals surface area contributed by atoms with Crippen molar-refractivity contribution in [1.29, 1.82) is 0 Å². The Balaban J connectivity index is 2.09. The largest absolute Gasteiger partial charge is 0.376 e. The molecule has 0 heterocycles. The minimum absolute atomic E-state index is 0.0232. The quantitative estimate of drug-likeness (QED) is 0.905. The molecule has 116 valence electrons. The molecule has 1 amide bonds. The van der Waals surface area contributed by atoms with Crippen LogP contribution >= 0.6 is 0 Å². The lowest BCUT2D eigenvalue weighted by molar-refractivity contribution is -0.117. The number of para-hydroxylation sites is 1. The fraction of sp³-hybridized carbons (Fsp3) is 0.278. The van der Waals surface area contributed by atoms with Gasteiger partial charge in [-0.3, -0.25) is 4.79 Å². The van der Waals surface area contributed by atoms with Crippen LogP contribution in [0.5, 0.6) is 0 Å². The minimum Gasteiger partial charge on any atom is -0.376 e. The van der Waals surface area contributed by atoms with E-state index >= 15 is 0 Å². The first kappa shape index (κ1) is 16.0. The van der Waals surface area contributed by atoms with Gasteiger partial charge >= 0.3 is 0 Å². The lowest BCUT2D eigenvalue weighted by Gasteiger charge is -2.27. The van der Waals surface area contributed by atoms with E-state index < -0.39 is 0 Å². The Kier molecular flexibility index (Phi) is 5.15. The third-order valence-corrected chi connectivity index (χ3v) is 3.44. The number of carbonyl (C=O) groups excluding carboxylic acids is 1. The van der Waals surface area contributed by atoms with Crippen LogP contribution in [0.15, 0.2) is 48.5 Å². The first-order chi connectivity index (χ1) is 10.5. The maximum absolute atomic E-state index is 13.1. The molecule has 0 fully saturated rings. The van der Waals surface area contributed by atoms with Crippen LogP contribution < -0.4 is 10.2 Å². The second-order valence-electron chi connectivity index (χ2n) is 5.51. The normalized spacial score (nSPS) is 10.6. The predicted molar refractivity (Wildman–Crippen MR) is 88.7 cm³/mol. The van der Waals surface area contributed by atoms with Crippen LogP contribution in [-0.4, -0.2) is 18.5 Å². The Bertz CT molecular complexity index is 641. The third kappa shape index (κ3) is 3.85. The first-order valence-corrected chi connectivity index (χ1v) is 7.36. The van der Waals surface area contributed by atoms with Crippen LogP contribution in [0.2, 0.25) is 0 Å². The fourth-order valence-electron chi connectivity index (χ4n) is 2.40. The minimum atomic E-state index is -0.275. The van der Waals surface area contributed by atoms with Crippen molar-refractivity contribution in [3.05, 3.63) is 59.9 Å². The van der Waals surface area contributed by atoms with Crippen LogP contribution in [0, 0.1) is 12.7 Å². The highest BCUT2D eigenvalue weighted by Gasteiger charge is 2.18. The number of amides is 1. The molecule has 0 unspecified atom stereocenters. The van der Waals surface area contributed by atoms with Crippen molar-refractivity contribution in [2.75, 3.05) is 16.8 Å². The Morgan fingerprint density at radius 2 is 1.86 bits per heavy atom. The van der Waals surface area contributed by atoms with Gasteiger partial charge in [0, 0.05) is 17.4 Å². The molecule has 1 N–H and O–H groups in total. The van der Waals surface area contributed by atoms with Crippen molar-refractivity contribution in [1.82, 2.24) is 0 Å². The SMILES string of the molecule is Cc1cc(F)ccc1NCC(=O)N(c1ccccc1)C(C)C. The van der Waals surface area contributed by atoms with Gasteiger partial charge in [0.2, 0.25) is 5.91 Å². The summed E-state index contributed by atoms with van der Waals surface area (Å²) < 4.78 is 13.1. The number of halogens is 1. The van der Waals surface area contributed by atoms with Crippen LogP contribution in [0.4, 0.5) is 15.8 Å². The van der Waals surface area contributed by atoms with Crippen LogP contribution in [-0.2, 0) is 4.79 Å². The predicted octanol–water partition coefficient (Wildman–Crippen LogP) is 3.99. The molecule has 0 saturated carbocycles. The summed E-state index contributed by atoms with van der Waals surface area (Å²) in [5.74, 6) is -0.299. The molecule has 0 aliphatic heterocycles. The van der Waals surface area contributed by atoms with Gasteiger partial charge in [0.25, 0.3) is 0 Å². The number of aryl methyl sites for hydroxylation is 1. The monoisotopic (exact) mass is 300 g/mol. The molecular formula is C18H21FN2O. The number of benzene rings is 2. The number of carbonyl (C=O) groups is 1. The van der Waals surface area contributed by atoms with Gasteiger partial charge in [-0.2, -0.15) is 0 Å². The second-order valence-corrected chi connectivity index (χ2v) is 5.51. The van der Waals surface area contributed by atoms with Crippen molar-refractivity contribution < 1.29 is 9.18 Å². The third-order valence-electron chi connectivity index (χ3n) is 3.44. The van der Waals surface area contributed by atoms with Gasteiger partial charge in [0.1, 0.15) is 5.82 Å². The first-order valence-electron chi connectivity index (χ1n) is 7.36. The molecule has 2 aromatic rings. The van der Waals surface area contributed by atoms with Crippen molar-refractivity contribution in [3.63, 3.8) is 0 Å². The summed E-state index contributed by atoms with van der Waals surface area (Å²) in [7, 11) is 0. The van der Waals surface area contributed by atoms with E-state index in [4.69, 9.17) is 0 Å². The molecule has 0 atom stereocenters. The van der Waals surface area contributed by atoms with Crippen LogP contribution in [0.25, 0.3) is 0 Å². The average molecular weight is 300 g/mol. The molecule has 0 aromatic heterocycles. The zero-order valence-corrected chi connectivity index (χ0v) is 13.1. The number of hydrogen-bond donors (Lipinski definition) is 1. The van der Waals surface area contributed by atoms with Gasteiger partial charge < -0.3 is 10.2 Å². The highest BCUT2D eigenvalue weighted by Crippen LogP contribution is 2.18. The summed E-state index contributed by atoms with van der Waals surface area (Å²) in [4.78, 5) is 14.3. The van der Waals surface area contributed by atoms with E-state index in [1.807, 2.05) is 51.1 Å². The van der Waals surface area contributed by atoms with E-state index in [-0.39, 0.29) is 24.3 Å². The van der Waals surface area contributed by atoms with Crippen molar-refractivity contribution in [3.8, 4) is 0 Å². The van der Waals surface area contributed by atoms with E-state index in [0.717, 1.165) is 16.9 Å². The molecular weight excluding hydrogens is 279 g/mol. The number of hydrogen-bond acceptors (Lipinski definition) is 2.